The SMILES string of the molecule is C=C(Cc1ccccc1)C(=O)NO. The van der Waals surface area contributed by atoms with E-state index in [2.05, 4.69) is 6.58 Å². The van der Waals surface area contributed by atoms with Crippen molar-refractivity contribution < 1.29 is 10.0 Å². The normalized spacial score (nSPS) is 9.31. The topological polar surface area (TPSA) is 49.3 Å². The van der Waals surface area contributed by atoms with Gasteiger partial charge in [0.15, 0.2) is 0 Å². The summed E-state index contributed by atoms with van der Waals surface area (Å²) in [7, 11) is 0. The summed E-state index contributed by atoms with van der Waals surface area (Å²) in [5.74, 6) is -0.538. The number of benzene rings is 1. The van der Waals surface area contributed by atoms with Gasteiger partial charge >= 0.3 is 0 Å². The van der Waals surface area contributed by atoms with Crippen molar-refractivity contribution in [3.63, 3.8) is 0 Å². The molecule has 3 heteroatoms. The summed E-state index contributed by atoms with van der Waals surface area (Å²) in [6.45, 7) is 3.55. The number of hydroxylamine groups is 1. The first kappa shape index (κ1) is 9.48. The first-order valence-electron chi connectivity index (χ1n) is 3.90. The van der Waals surface area contributed by atoms with E-state index >= 15 is 0 Å². The predicted molar refractivity (Wildman–Crippen MR) is 49.2 cm³/mol. The van der Waals surface area contributed by atoms with E-state index < -0.39 is 5.91 Å². The van der Waals surface area contributed by atoms with Crippen molar-refractivity contribution in [3.05, 3.63) is 48.0 Å². The van der Waals surface area contributed by atoms with Crippen LogP contribution in [0.4, 0.5) is 0 Å². The van der Waals surface area contributed by atoms with Crippen LogP contribution in [0.15, 0.2) is 42.5 Å². The Kier molecular flexibility index (Phi) is 3.23. The molecule has 13 heavy (non-hydrogen) atoms. The van der Waals surface area contributed by atoms with Gasteiger partial charge < -0.3 is 0 Å². The molecule has 1 amide bonds. The van der Waals surface area contributed by atoms with Gasteiger partial charge in [-0.25, -0.2) is 5.48 Å². The van der Waals surface area contributed by atoms with Gasteiger partial charge in [0.05, 0.1) is 0 Å². The van der Waals surface area contributed by atoms with Crippen LogP contribution in [0, 0.1) is 0 Å². The maximum atomic E-state index is 10.9. The van der Waals surface area contributed by atoms with Crippen molar-refractivity contribution in [2.45, 2.75) is 6.42 Å². The van der Waals surface area contributed by atoms with Crippen LogP contribution in [0.3, 0.4) is 0 Å². The molecule has 0 bridgehead atoms. The van der Waals surface area contributed by atoms with E-state index in [0.717, 1.165) is 5.56 Å². The maximum Gasteiger partial charge on any atom is 0.270 e. The molecule has 0 spiro atoms. The molecule has 0 radical (unpaired) electrons. The van der Waals surface area contributed by atoms with Gasteiger partial charge in [0, 0.05) is 12.0 Å². The zero-order valence-electron chi connectivity index (χ0n) is 7.16. The van der Waals surface area contributed by atoms with Crippen molar-refractivity contribution in [2.75, 3.05) is 0 Å². The molecule has 1 rings (SSSR count). The van der Waals surface area contributed by atoms with Crippen molar-refractivity contribution in [1.82, 2.24) is 5.48 Å². The molecule has 2 N–H and O–H groups in total. The molecule has 0 saturated heterocycles. The largest absolute Gasteiger partial charge is 0.288 e. The summed E-state index contributed by atoms with van der Waals surface area (Å²) in [6, 6.07) is 9.48. The standard InChI is InChI=1S/C10H11NO2/c1-8(10(12)11-13)7-9-5-3-2-4-6-9/h2-6,13H,1,7H2,(H,11,12). The Balaban J connectivity index is 2.60. The molecule has 0 atom stereocenters. The first-order chi connectivity index (χ1) is 6.24. The second kappa shape index (κ2) is 4.42. The van der Waals surface area contributed by atoms with Gasteiger partial charge in [-0.3, -0.25) is 10.0 Å². The van der Waals surface area contributed by atoms with Crippen LogP contribution >= 0.6 is 0 Å². The Morgan fingerprint density at radius 3 is 2.54 bits per heavy atom. The highest BCUT2D eigenvalue weighted by molar-refractivity contribution is 5.92. The molecule has 1 aromatic carbocycles. The highest BCUT2D eigenvalue weighted by Crippen LogP contribution is 2.05. The van der Waals surface area contributed by atoms with Gasteiger partial charge in [0.1, 0.15) is 0 Å². The Hall–Kier alpha value is -1.61. The Bertz CT molecular complexity index is 306. The average molecular weight is 177 g/mol. The molecule has 0 aliphatic carbocycles. The van der Waals surface area contributed by atoms with Gasteiger partial charge in [-0.15, -0.1) is 0 Å². The fourth-order valence-electron chi connectivity index (χ4n) is 1.00. The number of carbonyl (C=O) groups is 1. The zero-order chi connectivity index (χ0) is 9.68. The number of hydrogen-bond acceptors (Lipinski definition) is 2. The van der Waals surface area contributed by atoms with Crippen LogP contribution in [-0.2, 0) is 11.2 Å². The zero-order valence-corrected chi connectivity index (χ0v) is 7.16. The molecule has 0 saturated carbocycles. The summed E-state index contributed by atoms with van der Waals surface area (Å²) in [4.78, 5) is 10.9. The van der Waals surface area contributed by atoms with Crippen molar-refractivity contribution >= 4 is 5.91 Å². The van der Waals surface area contributed by atoms with Crippen molar-refractivity contribution in [2.24, 2.45) is 0 Å². The number of rotatable bonds is 3. The number of amides is 1. The molecule has 3 nitrogen and oxygen atoms in total. The maximum absolute atomic E-state index is 10.9. The van der Waals surface area contributed by atoms with Crippen LogP contribution in [0.1, 0.15) is 5.56 Å². The van der Waals surface area contributed by atoms with E-state index in [1.807, 2.05) is 30.3 Å². The Labute approximate surface area is 76.7 Å². The van der Waals surface area contributed by atoms with Crippen LogP contribution in [0.25, 0.3) is 0 Å². The fourth-order valence-corrected chi connectivity index (χ4v) is 1.00. The summed E-state index contributed by atoms with van der Waals surface area (Å²) < 4.78 is 0. The lowest BCUT2D eigenvalue weighted by atomic mass is 10.1. The molecule has 1 aromatic rings. The monoisotopic (exact) mass is 177 g/mol. The first-order valence-corrected chi connectivity index (χ1v) is 3.90. The smallest absolute Gasteiger partial charge is 0.270 e. The van der Waals surface area contributed by atoms with Crippen LogP contribution < -0.4 is 5.48 Å². The highest BCUT2D eigenvalue weighted by atomic mass is 16.5. The minimum absolute atomic E-state index is 0.341. The second-order valence-corrected chi connectivity index (χ2v) is 2.71. The lowest BCUT2D eigenvalue weighted by molar-refractivity contribution is -0.125. The Morgan fingerprint density at radius 2 is 2.00 bits per heavy atom. The van der Waals surface area contributed by atoms with Crippen LogP contribution in [0.5, 0.6) is 0 Å². The fraction of sp³-hybridized carbons (Fsp3) is 0.100. The quantitative estimate of drug-likeness (QED) is 0.415. The molecule has 0 fully saturated rings. The van der Waals surface area contributed by atoms with E-state index in [4.69, 9.17) is 5.21 Å². The minimum atomic E-state index is -0.538. The molecule has 0 aliphatic rings. The molecule has 0 aromatic heterocycles. The van der Waals surface area contributed by atoms with Gasteiger partial charge in [0.25, 0.3) is 5.91 Å². The van der Waals surface area contributed by atoms with E-state index in [1.165, 1.54) is 0 Å². The molecule has 0 aliphatic heterocycles. The number of hydrogen-bond donors (Lipinski definition) is 2. The molecule has 0 heterocycles. The van der Waals surface area contributed by atoms with E-state index in [0.29, 0.717) is 12.0 Å². The van der Waals surface area contributed by atoms with Crippen molar-refractivity contribution in [3.8, 4) is 0 Å². The number of carbonyl (C=O) groups excluding carboxylic acids is 1. The van der Waals surface area contributed by atoms with Crippen LogP contribution in [-0.4, -0.2) is 11.1 Å². The van der Waals surface area contributed by atoms with Crippen LogP contribution in [0.2, 0.25) is 0 Å². The third-order valence-corrected chi connectivity index (χ3v) is 1.68. The molecule has 0 unspecified atom stereocenters. The Morgan fingerprint density at radius 1 is 1.38 bits per heavy atom. The van der Waals surface area contributed by atoms with Gasteiger partial charge in [-0.2, -0.15) is 0 Å². The van der Waals surface area contributed by atoms with Gasteiger partial charge in [0.2, 0.25) is 0 Å². The molecular weight excluding hydrogens is 166 g/mol. The second-order valence-electron chi connectivity index (χ2n) is 2.71. The predicted octanol–water partition coefficient (Wildman–Crippen LogP) is 1.29. The molecule has 68 valence electrons. The summed E-state index contributed by atoms with van der Waals surface area (Å²) in [6.07, 6.45) is 0.452. The summed E-state index contributed by atoms with van der Waals surface area (Å²) in [5.41, 5.74) is 2.88. The number of nitrogens with one attached hydrogen (secondary N) is 1. The summed E-state index contributed by atoms with van der Waals surface area (Å²) in [5, 5.41) is 8.32. The highest BCUT2D eigenvalue weighted by Gasteiger charge is 2.05. The van der Waals surface area contributed by atoms with E-state index in [1.54, 1.807) is 5.48 Å². The molecular formula is C10H11NO2. The van der Waals surface area contributed by atoms with E-state index in [9.17, 15) is 4.79 Å². The van der Waals surface area contributed by atoms with Gasteiger partial charge in [-0.1, -0.05) is 36.9 Å². The van der Waals surface area contributed by atoms with Crippen molar-refractivity contribution in [1.29, 1.82) is 0 Å². The van der Waals surface area contributed by atoms with Gasteiger partial charge in [-0.05, 0) is 5.56 Å². The summed E-state index contributed by atoms with van der Waals surface area (Å²) >= 11 is 0. The average Bonchev–Trinajstić information content (AvgIpc) is 2.18. The minimum Gasteiger partial charge on any atom is -0.288 e. The lowest BCUT2D eigenvalue weighted by Crippen LogP contribution is -2.21. The third kappa shape index (κ3) is 2.72. The third-order valence-electron chi connectivity index (χ3n) is 1.68. The lowest BCUT2D eigenvalue weighted by Gasteiger charge is -2.02. The van der Waals surface area contributed by atoms with E-state index in [-0.39, 0.29) is 0 Å².